The molecule has 0 radical (unpaired) electrons. The van der Waals surface area contributed by atoms with Gasteiger partial charge < -0.3 is 10.2 Å². The normalized spacial score (nSPS) is 10.4. The Morgan fingerprint density at radius 2 is 2.17 bits per heavy atom. The van der Waals surface area contributed by atoms with Crippen LogP contribution in [0.15, 0.2) is 24.7 Å². The summed E-state index contributed by atoms with van der Waals surface area (Å²) in [6, 6.07) is 2.01. The number of thiazole rings is 1. The number of aryl methyl sites for hydroxylation is 1. The minimum absolute atomic E-state index is 0.796. The number of aromatic nitrogens is 2. The highest BCUT2D eigenvalue weighted by Crippen LogP contribution is 2.23. The maximum absolute atomic E-state index is 4.36. The SMILES string of the molecule is CCc1ncc(CNc2cnccc2N(C)C)s1. The van der Waals surface area contributed by atoms with E-state index in [1.165, 1.54) is 9.88 Å². The second-order valence-electron chi connectivity index (χ2n) is 4.21. The highest BCUT2D eigenvalue weighted by atomic mass is 32.1. The number of hydrogen-bond acceptors (Lipinski definition) is 5. The first-order valence-electron chi connectivity index (χ1n) is 5.99. The summed E-state index contributed by atoms with van der Waals surface area (Å²) in [7, 11) is 4.06. The molecular formula is C13H18N4S. The minimum atomic E-state index is 0.796. The molecule has 18 heavy (non-hydrogen) atoms. The molecule has 96 valence electrons. The van der Waals surface area contributed by atoms with Crippen molar-refractivity contribution in [1.82, 2.24) is 9.97 Å². The van der Waals surface area contributed by atoms with Crippen LogP contribution in [0.3, 0.4) is 0 Å². The van der Waals surface area contributed by atoms with Crippen molar-refractivity contribution in [2.24, 2.45) is 0 Å². The Morgan fingerprint density at radius 3 is 2.83 bits per heavy atom. The van der Waals surface area contributed by atoms with Gasteiger partial charge in [0, 0.05) is 31.4 Å². The van der Waals surface area contributed by atoms with E-state index in [-0.39, 0.29) is 0 Å². The second kappa shape index (κ2) is 5.82. The van der Waals surface area contributed by atoms with Crippen LogP contribution in [0.4, 0.5) is 11.4 Å². The summed E-state index contributed by atoms with van der Waals surface area (Å²) >= 11 is 1.76. The Morgan fingerprint density at radius 1 is 1.33 bits per heavy atom. The Balaban J connectivity index is 2.05. The molecule has 5 heteroatoms. The fraction of sp³-hybridized carbons (Fsp3) is 0.385. The molecule has 0 bridgehead atoms. The fourth-order valence-electron chi connectivity index (χ4n) is 1.69. The van der Waals surface area contributed by atoms with Gasteiger partial charge >= 0.3 is 0 Å². The van der Waals surface area contributed by atoms with E-state index in [0.29, 0.717) is 0 Å². The molecule has 0 aliphatic carbocycles. The molecule has 0 unspecified atom stereocenters. The average molecular weight is 262 g/mol. The zero-order valence-corrected chi connectivity index (χ0v) is 11.8. The molecule has 0 saturated heterocycles. The average Bonchev–Trinajstić information content (AvgIpc) is 2.84. The number of nitrogens with one attached hydrogen (secondary N) is 1. The van der Waals surface area contributed by atoms with Crippen molar-refractivity contribution in [3.8, 4) is 0 Å². The molecule has 2 heterocycles. The molecule has 0 aliphatic heterocycles. The van der Waals surface area contributed by atoms with Crippen molar-refractivity contribution in [1.29, 1.82) is 0 Å². The summed E-state index contributed by atoms with van der Waals surface area (Å²) in [5, 5.41) is 4.60. The van der Waals surface area contributed by atoms with Gasteiger partial charge in [-0.1, -0.05) is 6.92 Å². The van der Waals surface area contributed by atoms with Gasteiger partial charge in [0.1, 0.15) is 0 Å². The van der Waals surface area contributed by atoms with Crippen molar-refractivity contribution in [3.05, 3.63) is 34.5 Å². The molecule has 0 saturated carbocycles. The van der Waals surface area contributed by atoms with Crippen LogP contribution in [-0.2, 0) is 13.0 Å². The number of pyridine rings is 1. The largest absolute Gasteiger partial charge is 0.377 e. The first-order valence-corrected chi connectivity index (χ1v) is 6.81. The summed E-state index contributed by atoms with van der Waals surface area (Å²) in [6.07, 6.45) is 6.61. The minimum Gasteiger partial charge on any atom is -0.377 e. The number of anilines is 2. The third kappa shape index (κ3) is 2.98. The molecule has 4 nitrogen and oxygen atoms in total. The van der Waals surface area contributed by atoms with Crippen LogP contribution in [0.5, 0.6) is 0 Å². The lowest BCUT2D eigenvalue weighted by Crippen LogP contribution is -2.12. The van der Waals surface area contributed by atoms with Crippen LogP contribution in [-0.4, -0.2) is 24.1 Å². The van der Waals surface area contributed by atoms with Gasteiger partial charge in [0.05, 0.1) is 29.1 Å². The zero-order chi connectivity index (χ0) is 13.0. The molecule has 0 aromatic carbocycles. The van der Waals surface area contributed by atoms with E-state index in [1.807, 2.05) is 38.8 Å². The molecule has 0 atom stereocenters. The summed E-state index contributed by atoms with van der Waals surface area (Å²) in [5.74, 6) is 0. The van der Waals surface area contributed by atoms with Gasteiger partial charge in [-0.2, -0.15) is 0 Å². The predicted molar refractivity (Wildman–Crippen MR) is 77.4 cm³/mol. The van der Waals surface area contributed by atoms with E-state index in [1.54, 1.807) is 11.3 Å². The van der Waals surface area contributed by atoms with Crippen molar-refractivity contribution < 1.29 is 0 Å². The summed E-state index contributed by atoms with van der Waals surface area (Å²) < 4.78 is 0. The van der Waals surface area contributed by atoms with Crippen LogP contribution in [0.1, 0.15) is 16.8 Å². The molecular weight excluding hydrogens is 244 g/mol. The van der Waals surface area contributed by atoms with Gasteiger partial charge in [0.25, 0.3) is 0 Å². The van der Waals surface area contributed by atoms with Gasteiger partial charge in [-0.15, -0.1) is 11.3 Å². The Hall–Kier alpha value is -1.62. The van der Waals surface area contributed by atoms with E-state index in [0.717, 1.165) is 24.3 Å². The quantitative estimate of drug-likeness (QED) is 0.899. The smallest absolute Gasteiger partial charge is 0.0925 e. The van der Waals surface area contributed by atoms with E-state index >= 15 is 0 Å². The van der Waals surface area contributed by atoms with Gasteiger partial charge in [0.15, 0.2) is 0 Å². The predicted octanol–water partition coefficient (Wildman–Crippen LogP) is 2.78. The standard InChI is InChI=1S/C13H18N4S/c1-4-13-16-8-10(18-13)7-15-11-9-14-6-5-12(11)17(2)3/h5-6,8-9,15H,4,7H2,1-3H3. The molecule has 2 rings (SSSR count). The lowest BCUT2D eigenvalue weighted by Gasteiger charge is -2.17. The molecule has 0 spiro atoms. The summed E-state index contributed by atoms with van der Waals surface area (Å²) in [6.45, 7) is 2.92. The van der Waals surface area contributed by atoms with Gasteiger partial charge in [-0.05, 0) is 12.5 Å². The summed E-state index contributed by atoms with van der Waals surface area (Å²) in [4.78, 5) is 11.8. The van der Waals surface area contributed by atoms with Gasteiger partial charge in [-0.25, -0.2) is 4.98 Å². The first kappa shape index (κ1) is 12.8. The van der Waals surface area contributed by atoms with Crippen LogP contribution in [0.25, 0.3) is 0 Å². The lowest BCUT2D eigenvalue weighted by atomic mass is 10.3. The van der Waals surface area contributed by atoms with E-state index in [4.69, 9.17) is 0 Å². The first-order chi connectivity index (χ1) is 8.70. The van der Waals surface area contributed by atoms with Crippen molar-refractivity contribution in [3.63, 3.8) is 0 Å². The third-order valence-electron chi connectivity index (χ3n) is 2.64. The molecule has 1 N–H and O–H groups in total. The van der Waals surface area contributed by atoms with E-state index in [2.05, 4.69) is 27.1 Å². The number of nitrogens with zero attached hydrogens (tertiary/aromatic N) is 3. The Labute approximate surface area is 112 Å². The molecule has 2 aromatic rings. The molecule has 2 aromatic heterocycles. The highest BCUT2D eigenvalue weighted by molar-refractivity contribution is 7.11. The monoisotopic (exact) mass is 262 g/mol. The number of rotatable bonds is 5. The van der Waals surface area contributed by atoms with Crippen LogP contribution in [0, 0.1) is 0 Å². The number of hydrogen-bond donors (Lipinski definition) is 1. The Kier molecular flexibility index (Phi) is 4.15. The van der Waals surface area contributed by atoms with Crippen molar-refractivity contribution in [2.45, 2.75) is 19.9 Å². The van der Waals surface area contributed by atoms with E-state index < -0.39 is 0 Å². The lowest BCUT2D eigenvalue weighted by molar-refractivity contribution is 1.08. The fourth-order valence-corrected chi connectivity index (χ4v) is 2.49. The van der Waals surface area contributed by atoms with Crippen LogP contribution < -0.4 is 10.2 Å². The molecule has 0 amide bonds. The van der Waals surface area contributed by atoms with Crippen LogP contribution >= 0.6 is 11.3 Å². The zero-order valence-electron chi connectivity index (χ0n) is 11.0. The van der Waals surface area contributed by atoms with Gasteiger partial charge in [0.2, 0.25) is 0 Å². The third-order valence-corrected chi connectivity index (χ3v) is 3.78. The van der Waals surface area contributed by atoms with E-state index in [9.17, 15) is 0 Å². The van der Waals surface area contributed by atoms with Gasteiger partial charge in [-0.3, -0.25) is 4.98 Å². The highest BCUT2D eigenvalue weighted by Gasteiger charge is 2.05. The topological polar surface area (TPSA) is 41.1 Å². The molecule has 0 aliphatic rings. The maximum atomic E-state index is 4.36. The van der Waals surface area contributed by atoms with Crippen LogP contribution in [0.2, 0.25) is 0 Å². The van der Waals surface area contributed by atoms with Crippen molar-refractivity contribution >= 4 is 22.7 Å². The van der Waals surface area contributed by atoms with Crippen molar-refractivity contribution in [2.75, 3.05) is 24.3 Å². The molecule has 0 fully saturated rings. The maximum Gasteiger partial charge on any atom is 0.0925 e. The second-order valence-corrected chi connectivity index (χ2v) is 5.41. The Bertz CT molecular complexity index is 507. The summed E-state index contributed by atoms with van der Waals surface area (Å²) in [5.41, 5.74) is 2.19.